The van der Waals surface area contributed by atoms with Crippen molar-refractivity contribution in [2.24, 2.45) is 0 Å². The van der Waals surface area contributed by atoms with Gasteiger partial charge in [-0.2, -0.15) is 0 Å². The van der Waals surface area contributed by atoms with Crippen molar-refractivity contribution in [3.05, 3.63) is 75.8 Å². The van der Waals surface area contributed by atoms with Crippen molar-refractivity contribution in [3.63, 3.8) is 0 Å². The third kappa shape index (κ3) is 5.70. The van der Waals surface area contributed by atoms with Crippen LogP contribution in [0.1, 0.15) is 11.1 Å². The van der Waals surface area contributed by atoms with Gasteiger partial charge in [0.2, 0.25) is 0 Å². The first-order valence-corrected chi connectivity index (χ1v) is 11.6. The minimum Gasteiger partial charge on any atom is -0.507 e. The maximum Gasteiger partial charge on any atom is 0.341 e. The average molecular weight is 481 g/mol. The van der Waals surface area contributed by atoms with Crippen LogP contribution in [0.15, 0.2) is 59.5 Å². The fraction of sp³-hybridized carbons (Fsp3) is 0.136. The molecule has 3 rings (SSSR count). The van der Waals surface area contributed by atoms with E-state index in [0.717, 1.165) is 11.8 Å². The summed E-state index contributed by atoms with van der Waals surface area (Å²) in [5.74, 6) is -0.873. The molecule has 0 aliphatic rings. The second-order valence-electron chi connectivity index (χ2n) is 6.88. The van der Waals surface area contributed by atoms with Gasteiger partial charge in [-0.05, 0) is 53.1 Å². The molecule has 0 saturated heterocycles. The van der Waals surface area contributed by atoms with Gasteiger partial charge in [0.1, 0.15) is 11.5 Å². The van der Waals surface area contributed by atoms with Crippen LogP contribution in [0.5, 0.6) is 11.5 Å². The third-order valence-corrected chi connectivity index (χ3v) is 6.28. The van der Waals surface area contributed by atoms with Crippen LogP contribution < -0.4 is 4.74 Å². The summed E-state index contributed by atoms with van der Waals surface area (Å²) in [7, 11) is -3.40. The summed E-state index contributed by atoms with van der Waals surface area (Å²) in [6.07, 6.45) is 1.45. The predicted octanol–water partition coefficient (Wildman–Crippen LogP) is 4.82. The maximum atomic E-state index is 11.9. The number of benzene rings is 3. The van der Waals surface area contributed by atoms with Gasteiger partial charge in [0.25, 0.3) is 0 Å². The molecule has 162 valence electrons. The molecule has 0 radical (unpaired) electrons. The van der Waals surface area contributed by atoms with Gasteiger partial charge >= 0.3 is 5.97 Å². The Labute approximate surface area is 189 Å². The molecule has 0 atom stereocenters. The molecule has 31 heavy (non-hydrogen) atoms. The summed E-state index contributed by atoms with van der Waals surface area (Å²) in [5.41, 5.74) is 2.40. The van der Waals surface area contributed by atoms with Crippen molar-refractivity contribution in [1.29, 1.82) is 0 Å². The zero-order chi connectivity index (χ0) is 22.8. The van der Waals surface area contributed by atoms with Crippen LogP contribution in [0.25, 0.3) is 11.1 Å². The largest absolute Gasteiger partial charge is 0.507 e. The van der Waals surface area contributed by atoms with Crippen molar-refractivity contribution in [2.45, 2.75) is 11.3 Å². The van der Waals surface area contributed by atoms with Crippen molar-refractivity contribution in [3.8, 4) is 22.6 Å². The number of sulfone groups is 1. The number of carbonyl (C=O) groups is 1. The highest BCUT2D eigenvalue weighted by molar-refractivity contribution is 7.90. The van der Waals surface area contributed by atoms with Crippen molar-refractivity contribution < 1.29 is 28.2 Å². The Kier molecular flexibility index (Phi) is 6.79. The lowest BCUT2D eigenvalue weighted by Gasteiger charge is -2.13. The number of carboxylic acids is 1. The molecule has 0 aliphatic carbocycles. The van der Waals surface area contributed by atoms with E-state index >= 15 is 0 Å². The van der Waals surface area contributed by atoms with Gasteiger partial charge in [0.05, 0.1) is 4.90 Å². The van der Waals surface area contributed by atoms with Crippen LogP contribution in [0.3, 0.4) is 0 Å². The minimum atomic E-state index is -3.40. The summed E-state index contributed by atoms with van der Waals surface area (Å²) < 4.78 is 28.8. The molecule has 3 aromatic carbocycles. The zero-order valence-electron chi connectivity index (χ0n) is 16.3. The number of aromatic hydroxyl groups is 1. The number of carboxylic acid groups (broad SMARTS) is 1. The number of rotatable bonds is 7. The molecule has 0 saturated carbocycles. The number of ether oxygens (including phenoxy) is 1. The number of phenols is 1. The molecule has 6 nitrogen and oxygen atoms in total. The van der Waals surface area contributed by atoms with Crippen molar-refractivity contribution in [2.75, 3.05) is 12.9 Å². The van der Waals surface area contributed by atoms with Crippen LogP contribution in [0.2, 0.25) is 10.0 Å². The fourth-order valence-electron chi connectivity index (χ4n) is 3.00. The van der Waals surface area contributed by atoms with Gasteiger partial charge in [-0.25, -0.2) is 13.2 Å². The van der Waals surface area contributed by atoms with Crippen molar-refractivity contribution >= 4 is 39.0 Å². The number of phenolic OH excluding ortho intramolecular Hbond substituents is 1. The van der Waals surface area contributed by atoms with Gasteiger partial charge in [0, 0.05) is 28.3 Å². The van der Waals surface area contributed by atoms with E-state index in [1.54, 1.807) is 24.3 Å². The first kappa shape index (κ1) is 22.9. The summed E-state index contributed by atoms with van der Waals surface area (Å²) >= 11 is 12.7. The normalized spacial score (nSPS) is 11.3. The van der Waals surface area contributed by atoms with E-state index in [-0.39, 0.29) is 16.4 Å². The molecule has 3 aromatic rings. The molecule has 0 amide bonds. The van der Waals surface area contributed by atoms with E-state index in [1.807, 2.05) is 0 Å². The first-order valence-electron chi connectivity index (χ1n) is 8.99. The fourth-order valence-corrected chi connectivity index (χ4v) is 4.27. The summed E-state index contributed by atoms with van der Waals surface area (Å²) in [6, 6.07) is 14.3. The Morgan fingerprint density at radius 3 is 2.32 bits per heavy atom. The Hall–Kier alpha value is -2.74. The Morgan fingerprint density at radius 1 is 1.03 bits per heavy atom. The van der Waals surface area contributed by atoms with Crippen LogP contribution >= 0.6 is 23.2 Å². The van der Waals surface area contributed by atoms with E-state index in [2.05, 4.69) is 0 Å². The van der Waals surface area contributed by atoms with Crippen LogP contribution in [-0.2, 0) is 21.1 Å². The van der Waals surface area contributed by atoms with Gasteiger partial charge in [-0.15, -0.1) is 0 Å². The molecule has 0 aliphatic heterocycles. The second kappa shape index (κ2) is 9.18. The molecule has 0 aromatic heterocycles. The molecule has 0 heterocycles. The standard InChI is InChI=1S/C22H18Cl2O6S/c1-31(28,29)16-4-2-3-14(9-16)17-7-13(5-6-21(17)25)8-18-19(23)10-15(11-20(18)24)30-12-22(26)27/h2-7,9-11,25H,8,12H2,1H3,(H,26,27). The molecule has 9 heteroatoms. The van der Waals surface area contributed by atoms with E-state index in [1.165, 1.54) is 30.3 Å². The first-order chi connectivity index (χ1) is 14.5. The van der Waals surface area contributed by atoms with E-state index < -0.39 is 22.4 Å². The molecule has 0 fully saturated rings. The number of hydrogen-bond donors (Lipinski definition) is 2. The Bertz CT molecular complexity index is 1230. The molecule has 0 bridgehead atoms. The summed E-state index contributed by atoms with van der Waals surface area (Å²) in [6.45, 7) is -0.514. The SMILES string of the molecule is CS(=O)(=O)c1cccc(-c2cc(Cc3c(Cl)cc(OCC(=O)O)cc3Cl)ccc2O)c1. The second-order valence-corrected chi connectivity index (χ2v) is 9.71. The monoisotopic (exact) mass is 480 g/mol. The van der Waals surface area contributed by atoms with Gasteiger partial charge in [0.15, 0.2) is 16.4 Å². The van der Waals surface area contributed by atoms with Crippen LogP contribution in [0.4, 0.5) is 0 Å². The molecular weight excluding hydrogens is 463 g/mol. The topological polar surface area (TPSA) is 101 Å². The van der Waals surface area contributed by atoms with Crippen molar-refractivity contribution in [1.82, 2.24) is 0 Å². The van der Waals surface area contributed by atoms with Gasteiger partial charge < -0.3 is 14.9 Å². The highest BCUT2D eigenvalue weighted by Gasteiger charge is 2.14. The quantitative estimate of drug-likeness (QED) is 0.502. The summed E-state index contributed by atoms with van der Waals surface area (Å²) in [5, 5.41) is 19.7. The lowest BCUT2D eigenvalue weighted by atomic mass is 9.98. The molecular formula is C22H18Cl2O6S. The van der Waals surface area contributed by atoms with Gasteiger partial charge in [-0.1, -0.05) is 41.4 Å². The maximum absolute atomic E-state index is 11.9. The number of aliphatic carboxylic acids is 1. The summed E-state index contributed by atoms with van der Waals surface area (Å²) in [4.78, 5) is 10.8. The molecule has 0 unspecified atom stereocenters. The van der Waals surface area contributed by atoms with E-state index in [4.69, 9.17) is 33.0 Å². The molecule has 2 N–H and O–H groups in total. The highest BCUT2D eigenvalue weighted by Crippen LogP contribution is 2.35. The zero-order valence-corrected chi connectivity index (χ0v) is 18.6. The lowest BCUT2D eigenvalue weighted by Crippen LogP contribution is -2.09. The van der Waals surface area contributed by atoms with E-state index in [0.29, 0.717) is 33.2 Å². The minimum absolute atomic E-state index is 0.00372. The molecule has 0 spiro atoms. The lowest BCUT2D eigenvalue weighted by molar-refractivity contribution is -0.139. The van der Waals surface area contributed by atoms with E-state index in [9.17, 15) is 18.3 Å². The average Bonchev–Trinajstić information content (AvgIpc) is 2.69. The number of halogens is 2. The predicted molar refractivity (Wildman–Crippen MR) is 119 cm³/mol. The smallest absolute Gasteiger partial charge is 0.341 e. The Balaban J connectivity index is 1.94. The Morgan fingerprint density at radius 2 is 1.71 bits per heavy atom. The number of hydrogen-bond acceptors (Lipinski definition) is 5. The van der Waals surface area contributed by atoms with Gasteiger partial charge in [-0.3, -0.25) is 0 Å². The highest BCUT2D eigenvalue weighted by atomic mass is 35.5. The van der Waals surface area contributed by atoms with Crippen LogP contribution in [0, 0.1) is 0 Å². The third-order valence-electron chi connectivity index (χ3n) is 4.49. The van der Waals surface area contributed by atoms with Crippen LogP contribution in [-0.4, -0.2) is 37.5 Å².